The standard InChI is InChI=1S/C16H18FNO3/c1-9-10-5-4-6-11(17)15(10)21-14(9)16(20)18-12-7-2-3-8-13(12)19/h4-6,12-13,19H,2-3,7-8H2,1H3,(H,18,20)/t12-,13-/m1/s1. The van der Waals surface area contributed by atoms with E-state index in [9.17, 15) is 14.3 Å². The third kappa shape index (κ3) is 2.53. The number of aliphatic hydroxyl groups is 1. The summed E-state index contributed by atoms with van der Waals surface area (Å²) in [6.07, 6.45) is 2.88. The number of aliphatic hydroxyl groups excluding tert-OH is 1. The van der Waals surface area contributed by atoms with Gasteiger partial charge < -0.3 is 14.8 Å². The van der Waals surface area contributed by atoms with E-state index in [1.54, 1.807) is 19.1 Å². The Morgan fingerprint density at radius 3 is 2.86 bits per heavy atom. The lowest BCUT2D eigenvalue weighted by Gasteiger charge is -2.28. The number of carbonyl (C=O) groups is 1. The first-order valence-corrected chi connectivity index (χ1v) is 7.24. The molecule has 1 aromatic carbocycles. The molecular formula is C16H18FNO3. The highest BCUT2D eigenvalue weighted by Gasteiger charge is 2.27. The molecule has 0 spiro atoms. The number of furan rings is 1. The third-order valence-corrected chi connectivity index (χ3v) is 4.17. The van der Waals surface area contributed by atoms with E-state index in [1.807, 2.05) is 0 Å². The van der Waals surface area contributed by atoms with Crippen LogP contribution in [0.5, 0.6) is 0 Å². The molecule has 3 rings (SSSR count). The van der Waals surface area contributed by atoms with Gasteiger partial charge in [0, 0.05) is 10.9 Å². The van der Waals surface area contributed by atoms with Crippen LogP contribution in [-0.2, 0) is 0 Å². The Morgan fingerprint density at radius 1 is 1.38 bits per heavy atom. The van der Waals surface area contributed by atoms with Crippen LogP contribution in [0, 0.1) is 12.7 Å². The molecule has 5 heteroatoms. The topological polar surface area (TPSA) is 62.5 Å². The molecule has 2 aromatic rings. The van der Waals surface area contributed by atoms with E-state index in [2.05, 4.69) is 5.32 Å². The highest BCUT2D eigenvalue weighted by atomic mass is 19.1. The summed E-state index contributed by atoms with van der Waals surface area (Å²) in [6, 6.07) is 4.36. The number of fused-ring (bicyclic) bond motifs is 1. The number of rotatable bonds is 2. The van der Waals surface area contributed by atoms with E-state index in [1.165, 1.54) is 6.07 Å². The summed E-state index contributed by atoms with van der Waals surface area (Å²) in [5, 5.41) is 13.3. The number of hydrogen-bond donors (Lipinski definition) is 2. The number of hydrogen-bond acceptors (Lipinski definition) is 3. The zero-order valence-electron chi connectivity index (χ0n) is 11.9. The quantitative estimate of drug-likeness (QED) is 0.894. The van der Waals surface area contributed by atoms with E-state index in [-0.39, 0.29) is 17.4 Å². The van der Waals surface area contributed by atoms with E-state index in [0.717, 1.165) is 19.3 Å². The average Bonchev–Trinajstić information content (AvgIpc) is 2.81. The molecular weight excluding hydrogens is 273 g/mol. The Hall–Kier alpha value is -1.88. The molecule has 4 nitrogen and oxygen atoms in total. The predicted molar refractivity (Wildman–Crippen MR) is 76.6 cm³/mol. The molecule has 21 heavy (non-hydrogen) atoms. The van der Waals surface area contributed by atoms with Crippen LogP contribution in [0.3, 0.4) is 0 Å². The first-order valence-electron chi connectivity index (χ1n) is 7.24. The lowest BCUT2D eigenvalue weighted by molar-refractivity contribution is 0.0699. The minimum atomic E-state index is -0.524. The zero-order valence-corrected chi connectivity index (χ0v) is 11.9. The molecule has 0 bridgehead atoms. The first kappa shape index (κ1) is 14.1. The number of para-hydroxylation sites is 1. The van der Waals surface area contributed by atoms with Crippen molar-refractivity contribution < 1.29 is 18.7 Å². The van der Waals surface area contributed by atoms with Crippen LogP contribution >= 0.6 is 0 Å². The average molecular weight is 291 g/mol. The molecule has 1 aromatic heterocycles. The van der Waals surface area contributed by atoms with Gasteiger partial charge in [-0.15, -0.1) is 0 Å². The lowest BCUT2D eigenvalue weighted by Crippen LogP contribution is -2.45. The van der Waals surface area contributed by atoms with Gasteiger partial charge in [-0.05, 0) is 25.8 Å². The molecule has 1 fully saturated rings. The smallest absolute Gasteiger partial charge is 0.287 e. The number of halogens is 1. The molecule has 0 aliphatic heterocycles. The zero-order chi connectivity index (χ0) is 15.0. The van der Waals surface area contributed by atoms with E-state index >= 15 is 0 Å². The summed E-state index contributed by atoms with van der Waals surface area (Å²) < 4.78 is 19.1. The molecule has 2 atom stereocenters. The Bertz CT molecular complexity index is 679. The van der Waals surface area contributed by atoms with Crippen LogP contribution in [0.4, 0.5) is 4.39 Å². The predicted octanol–water partition coefficient (Wildman–Crippen LogP) is 2.91. The highest BCUT2D eigenvalue weighted by molar-refractivity contribution is 5.99. The van der Waals surface area contributed by atoms with Crippen LogP contribution in [-0.4, -0.2) is 23.2 Å². The monoisotopic (exact) mass is 291 g/mol. The summed E-state index contributed by atoms with van der Waals surface area (Å²) in [6.45, 7) is 1.73. The third-order valence-electron chi connectivity index (χ3n) is 4.17. The van der Waals surface area contributed by atoms with Gasteiger partial charge in [0.1, 0.15) is 0 Å². The van der Waals surface area contributed by atoms with Crippen molar-refractivity contribution in [2.24, 2.45) is 0 Å². The number of carbonyl (C=O) groups excluding carboxylic acids is 1. The van der Waals surface area contributed by atoms with E-state index < -0.39 is 17.8 Å². The Kier molecular flexibility index (Phi) is 3.68. The number of amides is 1. The van der Waals surface area contributed by atoms with E-state index in [0.29, 0.717) is 17.4 Å². The van der Waals surface area contributed by atoms with Crippen LogP contribution < -0.4 is 5.32 Å². The number of benzene rings is 1. The second kappa shape index (κ2) is 5.48. The van der Waals surface area contributed by atoms with Crippen LogP contribution in [0.2, 0.25) is 0 Å². The molecule has 1 amide bonds. The molecule has 1 aliphatic rings. The molecule has 1 saturated carbocycles. The van der Waals surface area contributed by atoms with Crippen LogP contribution in [0.25, 0.3) is 11.0 Å². The fraction of sp³-hybridized carbons (Fsp3) is 0.438. The maximum atomic E-state index is 13.7. The summed E-state index contributed by atoms with van der Waals surface area (Å²) in [7, 11) is 0. The van der Waals surface area contributed by atoms with Gasteiger partial charge in [-0.25, -0.2) is 4.39 Å². The van der Waals surface area contributed by atoms with Crippen molar-refractivity contribution in [1.29, 1.82) is 0 Å². The number of nitrogens with one attached hydrogen (secondary N) is 1. The van der Waals surface area contributed by atoms with Crippen molar-refractivity contribution in [3.63, 3.8) is 0 Å². The second-order valence-corrected chi connectivity index (χ2v) is 5.60. The van der Waals surface area contributed by atoms with Gasteiger partial charge in [0.15, 0.2) is 17.2 Å². The lowest BCUT2D eigenvalue weighted by atomic mass is 9.92. The number of aryl methyl sites for hydroxylation is 1. The Labute approximate surface area is 121 Å². The maximum Gasteiger partial charge on any atom is 0.287 e. The normalized spacial score (nSPS) is 22.4. The van der Waals surface area contributed by atoms with Gasteiger partial charge in [-0.1, -0.05) is 25.0 Å². The Balaban J connectivity index is 1.88. The minimum absolute atomic E-state index is 0.101. The van der Waals surface area contributed by atoms with Crippen molar-refractivity contribution in [1.82, 2.24) is 5.32 Å². The van der Waals surface area contributed by atoms with Gasteiger partial charge in [0.05, 0.1) is 12.1 Å². The molecule has 112 valence electrons. The second-order valence-electron chi connectivity index (χ2n) is 5.60. The molecule has 0 radical (unpaired) electrons. The maximum absolute atomic E-state index is 13.7. The van der Waals surface area contributed by atoms with Crippen molar-refractivity contribution in [3.8, 4) is 0 Å². The van der Waals surface area contributed by atoms with E-state index in [4.69, 9.17) is 4.42 Å². The summed E-state index contributed by atoms with van der Waals surface area (Å²) in [5.41, 5.74) is 0.719. The fourth-order valence-corrected chi connectivity index (χ4v) is 2.94. The molecule has 2 N–H and O–H groups in total. The molecule has 0 saturated heterocycles. The summed E-state index contributed by atoms with van der Waals surface area (Å²) >= 11 is 0. The SMILES string of the molecule is Cc1c(C(=O)N[C@@H]2CCCC[C@H]2O)oc2c(F)cccc12. The first-order chi connectivity index (χ1) is 10.1. The minimum Gasteiger partial charge on any atom is -0.448 e. The summed E-state index contributed by atoms with van der Waals surface area (Å²) in [4.78, 5) is 12.3. The van der Waals surface area contributed by atoms with Gasteiger partial charge in [-0.3, -0.25) is 4.79 Å². The Morgan fingerprint density at radius 2 is 2.14 bits per heavy atom. The molecule has 1 aliphatic carbocycles. The van der Waals surface area contributed by atoms with Gasteiger partial charge in [0.25, 0.3) is 5.91 Å². The highest BCUT2D eigenvalue weighted by Crippen LogP contribution is 2.27. The van der Waals surface area contributed by atoms with Crippen molar-refractivity contribution in [2.45, 2.75) is 44.8 Å². The van der Waals surface area contributed by atoms with Crippen LogP contribution in [0.15, 0.2) is 22.6 Å². The largest absolute Gasteiger partial charge is 0.448 e. The summed E-state index contributed by atoms with van der Waals surface area (Å²) in [5.74, 6) is -0.755. The van der Waals surface area contributed by atoms with Crippen molar-refractivity contribution >= 4 is 16.9 Å². The van der Waals surface area contributed by atoms with Crippen molar-refractivity contribution in [3.05, 3.63) is 35.3 Å². The van der Waals surface area contributed by atoms with Gasteiger partial charge in [0.2, 0.25) is 0 Å². The van der Waals surface area contributed by atoms with Crippen LogP contribution in [0.1, 0.15) is 41.8 Å². The fourth-order valence-electron chi connectivity index (χ4n) is 2.94. The van der Waals surface area contributed by atoms with Gasteiger partial charge in [-0.2, -0.15) is 0 Å². The molecule has 0 unspecified atom stereocenters. The van der Waals surface area contributed by atoms with Gasteiger partial charge >= 0.3 is 0 Å². The molecule has 1 heterocycles. The van der Waals surface area contributed by atoms with Crippen molar-refractivity contribution in [2.75, 3.05) is 0 Å².